The highest BCUT2D eigenvalue weighted by molar-refractivity contribution is 7.99. The summed E-state index contributed by atoms with van der Waals surface area (Å²) in [6, 6.07) is 15.5. The number of benzene rings is 2. The maximum Gasteiger partial charge on any atom is 0.234 e. The van der Waals surface area contributed by atoms with Gasteiger partial charge in [-0.25, -0.2) is 4.68 Å². The van der Waals surface area contributed by atoms with E-state index < -0.39 is 0 Å². The average Bonchev–Trinajstić information content (AvgIpc) is 3.28. The zero-order chi connectivity index (χ0) is 22.8. The first kappa shape index (κ1) is 22.1. The molecule has 0 unspecified atom stereocenters. The van der Waals surface area contributed by atoms with Gasteiger partial charge in [0.25, 0.3) is 0 Å². The number of halogens is 1. The maximum atomic E-state index is 12.7. The van der Waals surface area contributed by atoms with Crippen LogP contribution in [0, 0.1) is 20.8 Å². The molecule has 4 aromatic rings. The third kappa shape index (κ3) is 4.56. The predicted molar refractivity (Wildman–Crippen MR) is 129 cm³/mol. The molecule has 0 radical (unpaired) electrons. The summed E-state index contributed by atoms with van der Waals surface area (Å²) in [6.45, 7) is 5.88. The second kappa shape index (κ2) is 9.18. The first-order valence-electron chi connectivity index (χ1n) is 10.0. The fourth-order valence-electron chi connectivity index (χ4n) is 3.36. The zero-order valence-electron chi connectivity index (χ0n) is 18.3. The lowest BCUT2D eigenvalue weighted by atomic mass is 10.2. The van der Waals surface area contributed by atoms with E-state index in [0.717, 1.165) is 34.2 Å². The molecule has 1 amide bonds. The monoisotopic (exact) mass is 466 g/mol. The van der Waals surface area contributed by atoms with E-state index in [1.807, 2.05) is 85.6 Å². The van der Waals surface area contributed by atoms with Crippen LogP contribution < -0.4 is 5.32 Å². The van der Waals surface area contributed by atoms with Crippen molar-refractivity contribution in [3.63, 3.8) is 0 Å². The van der Waals surface area contributed by atoms with Crippen LogP contribution in [0.4, 0.5) is 5.69 Å². The summed E-state index contributed by atoms with van der Waals surface area (Å²) < 4.78 is 3.71. The van der Waals surface area contributed by atoms with Crippen molar-refractivity contribution in [3.8, 4) is 17.1 Å². The number of hydrogen-bond acceptors (Lipinski definition) is 5. The largest absolute Gasteiger partial charge is 0.322 e. The lowest BCUT2D eigenvalue weighted by Gasteiger charge is -2.08. The van der Waals surface area contributed by atoms with E-state index in [1.54, 1.807) is 0 Å². The van der Waals surface area contributed by atoms with Crippen molar-refractivity contribution in [3.05, 3.63) is 70.5 Å². The molecular weight excluding hydrogens is 444 g/mol. The summed E-state index contributed by atoms with van der Waals surface area (Å²) in [6.07, 6.45) is 0. The Balaban J connectivity index is 1.44. The quantitative estimate of drug-likeness (QED) is 0.405. The summed E-state index contributed by atoms with van der Waals surface area (Å²) >= 11 is 7.30. The van der Waals surface area contributed by atoms with Gasteiger partial charge in [0.15, 0.2) is 11.0 Å². The number of nitrogens with one attached hydrogen (secondary N) is 1. The molecule has 0 aliphatic carbocycles. The van der Waals surface area contributed by atoms with Gasteiger partial charge < -0.3 is 9.88 Å². The minimum atomic E-state index is -0.124. The van der Waals surface area contributed by atoms with Gasteiger partial charge in [-0.3, -0.25) is 4.79 Å². The molecule has 9 heteroatoms. The highest BCUT2D eigenvalue weighted by Crippen LogP contribution is 2.26. The summed E-state index contributed by atoms with van der Waals surface area (Å²) in [7, 11) is 1.88. The predicted octanol–water partition coefficient (Wildman–Crippen LogP) is 4.98. The summed E-state index contributed by atoms with van der Waals surface area (Å²) in [5, 5.41) is 17.4. The molecule has 1 N–H and O–H groups in total. The second-order valence-corrected chi connectivity index (χ2v) is 8.88. The van der Waals surface area contributed by atoms with E-state index in [0.29, 0.717) is 10.2 Å². The molecule has 164 valence electrons. The van der Waals surface area contributed by atoms with Gasteiger partial charge in [0.1, 0.15) is 0 Å². The Morgan fingerprint density at radius 3 is 2.41 bits per heavy atom. The Morgan fingerprint density at radius 1 is 1.03 bits per heavy atom. The number of aromatic nitrogens is 5. The minimum Gasteiger partial charge on any atom is -0.322 e. The van der Waals surface area contributed by atoms with Gasteiger partial charge in [-0.1, -0.05) is 41.1 Å². The van der Waals surface area contributed by atoms with Crippen LogP contribution in [0.1, 0.15) is 17.0 Å². The van der Waals surface area contributed by atoms with Crippen LogP contribution >= 0.6 is 23.4 Å². The fourth-order valence-corrected chi connectivity index (χ4v) is 4.19. The van der Waals surface area contributed by atoms with Crippen molar-refractivity contribution < 1.29 is 4.79 Å². The second-order valence-electron chi connectivity index (χ2n) is 7.50. The third-order valence-corrected chi connectivity index (χ3v) is 6.38. The normalized spacial score (nSPS) is 11.0. The van der Waals surface area contributed by atoms with Crippen molar-refractivity contribution in [2.45, 2.75) is 25.9 Å². The topological polar surface area (TPSA) is 77.6 Å². The van der Waals surface area contributed by atoms with Crippen LogP contribution in [-0.2, 0) is 11.8 Å². The summed E-state index contributed by atoms with van der Waals surface area (Å²) in [5.41, 5.74) is 5.44. The van der Waals surface area contributed by atoms with Crippen molar-refractivity contribution in [2.24, 2.45) is 7.05 Å². The molecule has 32 heavy (non-hydrogen) atoms. The molecule has 7 nitrogen and oxygen atoms in total. The summed E-state index contributed by atoms with van der Waals surface area (Å²) in [5.74, 6) is 0.803. The van der Waals surface area contributed by atoms with Crippen LogP contribution in [0.15, 0.2) is 53.7 Å². The van der Waals surface area contributed by atoms with E-state index in [9.17, 15) is 4.79 Å². The van der Waals surface area contributed by atoms with Crippen LogP contribution in [0.5, 0.6) is 0 Å². The number of aryl methyl sites for hydroxylation is 2. The lowest BCUT2D eigenvalue weighted by molar-refractivity contribution is -0.113. The summed E-state index contributed by atoms with van der Waals surface area (Å²) in [4.78, 5) is 12.7. The maximum absolute atomic E-state index is 12.7. The Bertz CT molecular complexity index is 1260. The van der Waals surface area contributed by atoms with Gasteiger partial charge in [0, 0.05) is 17.6 Å². The molecule has 0 atom stereocenters. The average molecular weight is 467 g/mol. The molecule has 0 spiro atoms. The van der Waals surface area contributed by atoms with E-state index >= 15 is 0 Å². The lowest BCUT2D eigenvalue weighted by Crippen LogP contribution is -2.15. The molecule has 2 aromatic heterocycles. The van der Waals surface area contributed by atoms with Crippen molar-refractivity contribution in [1.82, 2.24) is 24.5 Å². The van der Waals surface area contributed by atoms with Crippen LogP contribution in [-0.4, -0.2) is 36.2 Å². The van der Waals surface area contributed by atoms with Gasteiger partial charge in [0.2, 0.25) is 5.91 Å². The Kier molecular flexibility index (Phi) is 6.34. The Hall–Kier alpha value is -3.10. The molecule has 0 saturated carbocycles. The van der Waals surface area contributed by atoms with E-state index in [-0.39, 0.29) is 11.7 Å². The van der Waals surface area contributed by atoms with Crippen molar-refractivity contribution in [1.29, 1.82) is 0 Å². The van der Waals surface area contributed by atoms with Crippen LogP contribution in [0.3, 0.4) is 0 Å². The number of amides is 1. The molecular formula is C23H23ClN6OS. The number of rotatable bonds is 6. The van der Waals surface area contributed by atoms with E-state index in [2.05, 4.69) is 20.6 Å². The number of carbonyl (C=O) groups excluding carboxylic acids is 1. The number of anilines is 1. The number of hydrogen-bond donors (Lipinski definition) is 1. The zero-order valence-corrected chi connectivity index (χ0v) is 19.8. The van der Waals surface area contributed by atoms with Gasteiger partial charge in [0.05, 0.1) is 28.5 Å². The molecule has 0 aliphatic heterocycles. The Labute approximate surface area is 195 Å². The molecule has 0 fully saturated rings. The first-order valence-corrected chi connectivity index (χ1v) is 11.4. The van der Waals surface area contributed by atoms with Crippen molar-refractivity contribution >= 4 is 35.0 Å². The van der Waals surface area contributed by atoms with Crippen molar-refractivity contribution in [2.75, 3.05) is 11.1 Å². The van der Waals surface area contributed by atoms with E-state index in [1.165, 1.54) is 17.3 Å². The van der Waals surface area contributed by atoms with Gasteiger partial charge in [-0.15, -0.1) is 10.2 Å². The standard InChI is InChI=1S/C23H23ClN6OS/c1-14-5-11-19(12-6-14)30-16(3)21(15(2)28-30)25-20(31)13-32-23-27-26-22(29(23)4)17-7-9-18(24)10-8-17/h5-12H,13H2,1-4H3,(H,25,31). The molecule has 2 heterocycles. The van der Waals surface area contributed by atoms with Crippen LogP contribution in [0.2, 0.25) is 5.02 Å². The highest BCUT2D eigenvalue weighted by Gasteiger charge is 2.17. The van der Waals surface area contributed by atoms with Gasteiger partial charge in [-0.05, 0) is 57.2 Å². The minimum absolute atomic E-state index is 0.124. The smallest absolute Gasteiger partial charge is 0.234 e. The number of carbonyl (C=O) groups is 1. The molecule has 0 bridgehead atoms. The van der Waals surface area contributed by atoms with E-state index in [4.69, 9.17) is 11.6 Å². The highest BCUT2D eigenvalue weighted by atomic mass is 35.5. The first-order chi connectivity index (χ1) is 15.3. The fraction of sp³-hybridized carbons (Fsp3) is 0.217. The van der Waals surface area contributed by atoms with Gasteiger partial charge in [-0.2, -0.15) is 5.10 Å². The number of nitrogens with zero attached hydrogens (tertiary/aromatic N) is 5. The molecule has 4 rings (SSSR count). The molecule has 2 aromatic carbocycles. The van der Waals surface area contributed by atoms with Crippen LogP contribution in [0.25, 0.3) is 17.1 Å². The SMILES string of the molecule is Cc1ccc(-n2nc(C)c(NC(=O)CSc3nnc(-c4ccc(Cl)cc4)n3C)c2C)cc1. The Morgan fingerprint density at radius 2 is 1.72 bits per heavy atom. The number of thioether (sulfide) groups is 1. The molecule has 0 saturated heterocycles. The van der Waals surface area contributed by atoms with Gasteiger partial charge >= 0.3 is 0 Å². The molecule has 0 aliphatic rings. The third-order valence-electron chi connectivity index (χ3n) is 5.10.